The van der Waals surface area contributed by atoms with E-state index in [1.54, 1.807) is 0 Å². The Hall–Kier alpha value is -1.40. The van der Waals surface area contributed by atoms with Gasteiger partial charge in [0.2, 0.25) is 5.91 Å². The van der Waals surface area contributed by atoms with Gasteiger partial charge in [0.1, 0.15) is 19.3 Å². The molecule has 134 valence electrons. The molecular formula is C18H27NO4S. The highest BCUT2D eigenvalue weighted by Gasteiger charge is 2.18. The van der Waals surface area contributed by atoms with Gasteiger partial charge in [0.05, 0.1) is 0 Å². The number of benzene rings is 1. The van der Waals surface area contributed by atoms with E-state index in [2.05, 4.69) is 25.2 Å². The second kappa shape index (κ2) is 10.5. The fourth-order valence-corrected chi connectivity index (χ4v) is 2.86. The normalized spacial score (nSPS) is 14.2. The first-order chi connectivity index (χ1) is 11.7. The molecule has 0 saturated heterocycles. The summed E-state index contributed by atoms with van der Waals surface area (Å²) in [6, 6.07) is 5.65. The number of ether oxygens (including phenoxy) is 2. The third-order valence-corrected chi connectivity index (χ3v) is 4.31. The molecule has 0 aliphatic carbocycles. The number of thiol groups is 1. The van der Waals surface area contributed by atoms with Crippen molar-refractivity contribution in [3.63, 3.8) is 0 Å². The summed E-state index contributed by atoms with van der Waals surface area (Å²) < 4.78 is 16.3. The number of rotatable bonds is 10. The van der Waals surface area contributed by atoms with E-state index >= 15 is 0 Å². The Balaban J connectivity index is 1.78. The highest BCUT2D eigenvalue weighted by molar-refractivity contribution is 7.75. The Morgan fingerprint density at radius 1 is 1.21 bits per heavy atom. The van der Waals surface area contributed by atoms with E-state index < -0.39 is 0 Å². The fourth-order valence-electron chi connectivity index (χ4n) is 2.66. The molecule has 2 rings (SSSR count). The quantitative estimate of drug-likeness (QED) is 0.381. The van der Waals surface area contributed by atoms with E-state index in [1.165, 1.54) is 19.3 Å². The monoisotopic (exact) mass is 353 g/mol. The third-order valence-electron chi connectivity index (χ3n) is 4.06. The van der Waals surface area contributed by atoms with Crippen LogP contribution in [-0.4, -0.2) is 25.7 Å². The van der Waals surface area contributed by atoms with Crippen molar-refractivity contribution >= 4 is 18.8 Å². The van der Waals surface area contributed by atoms with E-state index in [9.17, 15) is 4.79 Å². The van der Waals surface area contributed by atoms with E-state index in [-0.39, 0.29) is 12.0 Å². The Kier molecular flexibility index (Phi) is 8.25. The molecule has 0 saturated carbocycles. The zero-order valence-corrected chi connectivity index (χ0v) is 15.1. The minimum absolute atomic E-state index is 0.0550. The highest BCUT2D eigenvalue weighted by Crippen LogP contribution is 2.33. The number of unbranched alkanes of at least 4 members (excludes halogenated alkanes) is 4. The first-order valence-electron chi connectivity index (χ1n) is 8.71. The lowest BCUT2D eigenvalue weighted by atomic mass is 10.1. The van der Waals surface area contributed by atoms with Crippen molar-refractivity contribution in [3.05, 3.63) is 23.8 Å². The molecule has 0 spiro atoms. The summed E-state index contributed by atoms with van der Waals surface area (Å²) in [4.78, 5) is 11.9. The van der Waals surface area contributed by atoms with Gasteiger partial charge in [0.15, 0.2) is 11.5 Å². The van der Waals surface area contributed by atoms with Gasteiger partial charge in [-0.15, -0.1) is 0 Å². The second-order valence-corrected chi connectivity index (χ2v) is 6.18. The summed E-state index contributed by atoms with van der Waals surface area (Å²) in [5, 5.41) is 2.92. The SMILES string of the molecule is CCCCCCCC(=O)NCC(OS)c1ccc2c(c1)OCCO2. The lowest BCUT2D eigenvalue weighted by Gasteiger charge is -2.21. The van der Waals surface area contributed by atoms with Crippen LogP contribution in [0.15, 0.2) is 18.2 Å². The average molecular weight is 353 g/mol. The van der Waals surface area contributed by atoms with Crippen molar-refractivity contribution in [2.45, 2.75) is 51.6 Å². The molecule has 1 atom stereocenters. The molecule has 1 heterocycles. The summed E-state index contributed by atoms with van der Waals surface area (Å²) in [5.41, 5.74) is 0.900. The van der Waals surface area contributed by atoms with Crippen LogP contribution in [0.2, 0.25) is 0 Å². The predicted molar refractivity (Wildman–Crippen MR) is 96.6 cm³/mol. The molecule has 1 unspecified atom stereocenters. The van der Waals surface area contributed by atoms with Gasteiger partial charge >= 0.3 is 0 Å². The van der Waals surface area contributed by atoms with Crippen LogP contribution in [0.4, 0.5) is 0 Å². The number of fused-ring (bicyclic) bond motifs is 1. The molecule has 1 N–H and O–H groups in total. The van der Waals surface area contributed by atoms with Crippen LogP contribution in [0.3, 0.4) is 0 Å². The van der Waals surface area contributed by atoms with Crippen LogP contribution in [-0.2, 0) is 8.98 Å². The van der Waals surface area contributed by atoms with Crippen LogP contribution in [0, 0.1) is 0 Å². The average Bonchev–Trinajstić information content (AvgIpc) is 2.62. The van der Waals surface area contributed by atoms with Gasteiger partial charge in [0.25, 0.3) is 0 Å². The Morgan fingerprint density at radius 3 is 2.71 bits per heavy atom. The van der Waals surface area contributed by atoms with Gasteiger partial charge in [-0.25, -0.2) is 0 Å². The molecule has 1 aromatic carbocycles. The second-order valence-electron chi connectivity index (χ2n) is 5.97. The van der Waals surface area contributed by atoms with Crippen LogP contribution >= 0.6 is 12.9 Å². The molecule has 0 fully saturated rings. The van der Waals surface area contributed by atoms with Gasteiger partial charge in [-0.3, -0.25) is 4.79 Å². The van der Waals surface area contributed by atoms with Crippen LogP contribution in [0.1, 0.15) is 57.1 Å². The standard InChI is InChI=1S/C18H27NO4S/c1-2-3-4-5-6-7-18(20)19-13-17(23-24)14-8-9-15-16(12-14)22-11-10-21-15/h8-9,12,17,24H,2-7,10-11,13H2,1H3,(H,19,20). The number of carbonyl (C=O) groups is 1. The van der Waals surface area contributed by atoms with E-state index in [0.29, 0.717) is 31.9 Å². The number of hydrogen-bond donors (Lipinski definition) is 2. The van der Waals surface area contributed by atoms with E-state index in [0.717, 1.165) is 24.2 Å². The van der Waals surface area contributed by atoms with Crippen LogP contribution in [0.25, 0.3) is 0 Å². The molecule has 6 heteroatoms. The highest BCUT2D eigenvalue weighted by atomic mass is 32.1. The molecule has 0 bridgehead atoms. The maximum absolute atomic E-state index is 11.9. The Labute approximate surface area is 149 Å². The summed E-state index contributed by atoms with van der Waals surface area (Å²) in [5.74, 6) is 1.50. The topological polar surface area (TPSA) is 56.8 Å². The molecule has 0 aromatic heterocycles. The molecule has 1 aliphatic rings. The summed E-state index contributed by atoms with van der Waals surface area (Å²) in [6.07, 6.45) is 5.92. The Morgan fingerprint density at radius 2 is 1.96 bits per heavy atom. The van der Waals surface area contributed by atoms with Crippen molar-refractivity contribution in [2.75, 3.05) is 19.8 Å². The lowest BCUT2D eigenvalue weighted by Crippen LogP contribution is -2.28. The van der Waals surface area contributed by atoms with Gasteiger partial charge in [-0.2, -0.15) is 0 Å². The molecule has 1 aromatic rings. The maximum atomic E-state index is 11.9. The molecule has 24 heavy (non-hydrogen) atoms. The first-order valence-corrected chi connectivity index (χ1v) is 9.07. The number of nitrogens with one attached hydrogen (secondary N) is 1. The molecule has 5 nitrogen and oxygen atoms in total. The zero-order valence-electron chi connectivity index (χ0n) is 14.3. The van der Waals surface area contributed by atoms with Crippen molar-refractivity contribution < 1.29 is 18.5 Å². The maximum Gasteiger partial charge on any atom is 0.220 e. The zero-order chi connectivity index (χ0) is 17.2. The van der Waals surface area contributed by atoms with E-state index in [1.807, 2.05) is 18.2 Å². The van der Waals surface area contributed by atoms with Crippen molar-refractivity contribution in [3.8, 4) is 11.5 Å². The van der Waals surface area contributed by atoms with Gasteiger partial charge < -0.3 is 19.0 Å². The van der Waals surface area contributed by atoms with E-state index in [4.69, 9.17) is 13.7 Å². The number of carbonyl (C=O) groups excluding carboxylic acids is 1. The van der Waals surface area contributed by atoms with Crippen LogP contribution in [0.5, 0.6) is 11.5 Å². The minimum Gasteiger partial charge on any atom is -0.486 e. The van der Waals surface area contributed by atoms with Crippen molar-refractivity contribution in [1.29, 1.82) is 0 Å². The number of amides is 1. The largest absolute Gasteiger partial charge is 0.486 e. The predicted octanol–water partition coefficient (Wildman–Crippen LogP) is 3.84. The van der Waals surface area contributed by atoms with Gasteiger partial charge in [-0.05, 0) is 37.0 Å². The number of hydrogen-bond acceptors (Lipinski definition) is 5. The van der Waals surface area contributed by atoms with Gasteiger partial charge in [-0.1, -0.05) is 38.7 Å². The van der Waals surface area contributed by atoms with Crippen molar-refractivity contribution in [1.82, 2.24) is 5.32 Å². The summed E-state index contributed by atoms with van der Waals surface area (Å²) >= 11 is 3.94. The fraction of sp³-hybridized carbons (Fsp3) is 0.611. The van der Waals surface area contributed by atoms with Gasteiger partial charge in [0, 0.05) is 13.0 Å². The third kappa shape index (κ3) is 5.91. The smallest absolute Gasteiger partial charge is 0.220 e. The molecule has 1 amide bonds. The minimum atomic E-state index is -0.326. The summed E-state index contributed by atoms with van der Waals surface area (Å²) in [7, 11) is 0. The molecular weight excluding hydrogens is 326 g/mol. The molecule has 1 aliphatic heterocycles. The first kappa shape index (κ1) is 18.9. The Bertz CT molecular complexity index is 524. The lowest BCUT2D eigenvalue weighted by molar-refractivity contribution is -0.121. The van der Waals surface area contributed by atoms with Crippen LogP contribution < -0.4 is 14.8 Å². The summed E-state index contributed by atoms with van der Waals surface area (Å²) in [6.45, 7) is 3.67. The molecule has 0 radical (unpaired) electrons. The van der Waals surface area contributed by atoms with Crippen molar-refractivity contribution in [2.24, 2.45) is 0 Å².